The van der Waals surface area contributed by atoms with Crippen LogP contribution in [0.3, 0.4) is 0 Å². The summed E-state index contributed by atoms with van der Waals surface area (Å²) in [6.07, 6.45) is 3.22. The van der Waals surface area contributed by atoms with Crippen LogP contribution in [-0.2, 0) is 17.8 Å². The number of hydrogen-bond donors (Lipinski definition) is 1. The fourth-order valence-electron chi connectivity index (χ4n) is 2.94. The number of aromatic nitrogens is 4. The third-order valence-electron chi connectivity index (χ3n) is 4.57. The predicted octanol–water partition coefficient (Wildman–Crippen LogP) is 4.78. The molecule has 9 heteroatoms. The number of carbonyl (C=O) groups excluding carboxylic acids is 1. The second-order valence-corrected chi connectivity index (χ2v) is 7.48. The van der Waals surface area contributed by atoms with Crippen molar-refractivity contribution in [2.45, 2.75) is 19.9 Å². The van der Waals surface area contributed by atoms with Crippen LogP contribution < -0.4 is 5.32 Å². The molecule has 2 aromatic heterocycles. The number of nitrogens with one attached hydrogen (secondary N) is 1. The van der Waals surface area contributed by atoms with Crippen molar-refractivity contribution in [2.75, 3.05) is 5.32 Å². The Bertz CT molecular complexity index is 1170. The number of benzene rings is 2. The van der Waals surface area contributed by atoms with E-state index in [0.717, 1.165) is 16.8 Å². The molecule has 0 spiro atoms. The molecule has 1 N–H and O–H groups in total. The Kier molecular flexibility index (Phi) is 5.83. The van der Waals surface area contributed by atoms with E-state index in [1.165, 1.54) is 6.26 Å². The molecule has 4 rings (SSSR count). The van der Waals surface area contributed by atoms with Gasteiger partial charge in [-0.1, -0.05) is 34.5 Å². The minimum absolute atomic E-state index is 0.120. The summed E-state index contributed by atoms with van der Waals surface area (Å²) in [6, 6.07) is 12.7. The molecule has 0 radical (unpaired) electrons. The number of oxazole rings is 1. The van der Waals surface area contributed by atoms with Crippen molar-refractivity contribution in [3.05, 3.63) is 81.9 Å². The Morgan fingerprint density at radius 3 is 2.63 bits per heavy atom. The molecule has 0 saturated carbocycles. The Morgan fingerprint density at radius 1 is 1.13 bits per heavy atom. The average Bonchev–Trinajstić information content (AvgIpc) is 3.38. The molecule has 4 aromatic rings. The lowest BCUT2D eigenvalue weighted by Gasteiger charge is -2.07. The molecule has 2 heterocycles. The third kappa shape index (κ3) is 4.53. The Balaban J connectivity index is 1.39. The van der Waals surface area contributed by atoms with E-state index < -0.39 is 0 Å². The summed E-state index contributed by atoms with van der Waals surface area (Å²) in [4.78, 5) is 16.5. The summed E-state index contributed by atoms with van der Waals surface area (Å²) in [5.74, 6) is 0.352. The second-order valence-electron chi connectivity index (χ2n) is 6.67. The molecular weight excluding hydrogens is 425 g/mol. The van der Waals surface area contributed by atoms with Gasteiger partial charge in [-0.3, -0.25) is 4.79 Å². The van der Waals surface area contributed by atoms with Crippen molar-refractivity contribution in [3.63, 3.8) is 0 Å². The van der Waals surface area contributed by atoms with Gasteiger partial charge in [-0.2, -0.15) is 0 Å². The second kappa shape index (κ2) is 8.69. The van der Waals surface area contributed by atoms with Crippen LogP contribution in [-0.4, -0.2) is 25.9 Å². The SMILES string of the molecule is Cc1c(CC(=O)Nc2ccc(-c3ncco3)cc2)nnn1Cc1ccc(Cl)c(Cl)c1. The number of amides is 1. The fourth-order valence-corrected chi connectivity index (χ4v) is 3.26. The summed E-state index contributed by atoms with van der Waals surface area (Å²) >= 11 is 12.0. The first kappa shape index (κ1) is 20.1. The van der Waals surface area contributed by atoms with Crippen LogP contribution >= 0.6 is 23.2 Å². The largest absolute Gasteiger partial charge is 0.445 e. The Morgan fingerprint density at radius 2 is 1.93 bits per heavy atom. The van der Waals surface area contributed by atoms with Crippen molar-refractivity contribution < 1.29 is 9.21 Å². The Labute approximate surface area is 182 Å². The molecule has 0 bridgehead atoms. The zero-order chi connectivity index (χ0) is 21.1. The average molecular weight is 442 g/mol. The van der Waals surface area contributed by atoms with E-state index in [-0.39, 0.29) is 12.3 Å². The van der Waals surface area contributed by atoms with Gasteiger partial charge in [0, 0.05) is 11.3 Å². The van der Waals surface area contributed by atoms with Crippen molar-refractivity contribution in [2.24, 2.45) is 0 Å². The third-order valence-corrected chi connectivity index (χ3v) is 5.31. The molecule has 152 valence electrons. The van der Waals surface area contributed by atoms with Crippen LogP contribution in [0.4, 0.5) is 5.69 Å². The summed E-state index contributed by atoms with van der Waals surface area (Å²) in [5, 5.41) is 12.2. The first-order valence-electron chi connectivity index (χ1n) is 9.12. The molecular formula is C21H17Cl2N5O2. The number of anilines is 1. The molecule has 0 unspecified atom stereocenters. The monoisotopic (exact) mass is 441 g/mol. The zero-order valence-electron chi connectivity index (χ0n) is 16.0. The highest BCUT2D eigenvalue weighted by molar-refractivity contribution is 6.42. The molecule has 2 aromatic carbocycles. The van der Waals surface area contributed by atoms with Gasteiger partial charge in [0.15, 0.2) is 0 Å². The number of nitrogens with zero attached hydrogens (tertiary/aromatic N) is 4. The molecule has 7 nitrogen and oxygen atoms in total. The maximum Gasteiger partial charge on any atom is 0.230 e. The van der Waals surface area contributed by atoms with Gasteiger partial charge in [0.05, 0.1) is 40.6 Å². The van der Waals surface area contributed by atoms with Gasteiger partial charge in [0.2, 0.25) is 11.8 Å². The van der Waals surface area contributed by atoms with Crippen molar-refractivity contribution in [1.29, 1.82) is 0 Å². The fraction of sp³-hybridized carbons (Fsp3) is 0.143. The predicted molar refractivity (Wildman–Crippen MR) is 115 cm³/mol. The van der Waals surface area contributed by atoms with Crippen LogP contribution in [0.2, 0.25) is 10.0 Å². The lowest BCUT2D eigenvalue weighted by Crippen LogP contribution is -2.15. The van der Waals surface area contributed by atoms with E-state index in [0.29, 0.717) is 33.9 Å². The minimum Gasteiger partial charge on any atom is -0.445 e. The summed E-state index contributed by atoms with van der Waals surface area (Å²) in [6.45, 7) is 2.37. The van der Waals surface area contributed by atoms with Crippen LogP contribution in [0.5, 0.6) is 0 Å². The molecule has 0 atom stereocenters. The van der Waals surface area contributed by atoms with E-state index in [1.54, 1.807) is 35.1 Å². The van der Waals surface area contributed by atoms with Crippen LogP contribution in [0.25, 0.3) is 11.5 Å². The van der Waals surface area contributed by atoms with Crippen LogP contribution in [0.1, 0.15) is 17.0 Å². The number of halogens is 2. The van der Waals surface area contributed by atoms with Crippen LogP contribution in [0, 0.1) is 6.92 Å². The standard InChI is InChI=1S/C21H17Cl2N5O2/c1-13-19(26-27-28(13)12-14-2-7-17(22)18(23)10-14)11-20(29)25-16-5-3-15(4-6-16)21-24-8-9-30-21/h2-10H,11-12H2,1H3,(H,25,29). The molecule has 30 heavy (non-hydrogen) atoms. The molecule has 0 fully saturated rings. The van der Waals surface area contributed by atoms with Gasteiger partial charge in [0.1, 0.15) is 6.26 Å². The quantitative estimate of drug-likeness (QED) is 0.465. The van der Waals surface area contributed by atoms with E-state index in [9.17, 15) is 4.79 Å². The maximum atomic E-state index is 12.4. The summed E-state index contributed by atoms with van der Waals surface area (Å²) in [7, 11) is 0. The lowest BCUT2D eigenvalue weighted by atomic mass is 10.2. The molecule has 0 aliphatic heterocycles. The van der Waals surface area contributed by atoms with Gasteiger partial charge < -0.3 is 9.73 Å². The first-order chi connectivity index (χ1) is 14.5. The molecule has 0 saturated heterocycles. The van der Waals surface area contributed by atoms with E-state index >= 15 is 0 Å². The van der Waals surface area contributed by atoms with Gasteiger partial charge in [-0.25, -0.2) is 9.67 Å². The normalized spacial score (nSPS) is 10.9. The van der Waals surface area contributed by atoms with Gasteiger partial charge >= 0.3 is 0 Å². The van der Waals surface area contributed by atoms with Gasteiger partial charge in [-0.15, -0.1) is 5.10 Å². The topological polar surface area (TPSA) is 85.8 Å². The molecule has 0 aliphatic carbocycles. The van der Waals surface area contributed by atoms with Crippen molar-refractivity contribution in [3.8, 4) is 11.5 Å². The summed E-state index contributed by atoms with van der Waals surface area (Å²) < 4.78 is 6.99. The van der Waals surface area contributed by atoms with Gasteiger partial charge in [-0.05, 0) is 48.9 Å². The number of carbonyl (C=O) groups is 1. The van der Waals surface area contributed by atoms with E-state index in [2.05, 4.69) is 20.6 Å². The van der Waals surface area contributed by atoms with E-state index in [4.69, 9.17) is 27.6 Å². The van der Waals surface area contributed by atoms with Crippen molar-refractivity contribution in [1.82, 2.24) is 20.0 Å². The highest BCUT2D eigenvalue weighted by atomic mass is 35.5. The van der Waals surface area contributed by atoms with Crippen LogP contribution in [0.15, 0.2) is 59.3 Å². The number of rotatable bonds is 6. The highest BCUT2D eigenvalue weighted by Crippen LogP contribution is 2.23. The first-order valence-corrected chi connectivity index (χ1v) is 9.88. The molecule has 0 aliphatic rings. The maximum absolute atomic E-state index is 12.4. The number of hydrogen-bond acceptors (Lipinski definition) is 5. The van der Waals surface area contributed by atoms with E-state index in [1.807, 2.05) is 25.1 Å². The highest BCUT2D eigenvalue weighted by Gasteiger charge is 2.14. The summed E-state index contributed by atoms with van der Waals surface area (Å²) in [5.41, 5.74) is 3.88. The van der Waals surface area contributed by atoms with Gasteiger partial charge in [0.25, 0.3) is 0 Å². The molecule has 1 amide bonds. The zero-order valence-corrected chi connectivity index (χ0v) is 17.5. The van der Waals surface area contributed by atoms with Crippen molar-refractivity contribution >= 4 is 34.8 Å². The lowest BCUT2D eigenvalue weighted by molar-refractivity contribution is -0.115. The smallest absolute Gasteiger partial charge is 0.230 e. The Hall–Kier alpha value is -3.16. The minimum atomic E-state index is -0.177.